The molecule has 2 N–H and O–H groups in total. The lowest BCUT2D eigenvalue weighted by Crippen LogP contribution is -2.49. The predicted molar refractivity (Wildman–Crippen MR) is 120 cm³/mol. The zero-order chi connectivity index (χ0) is 23.1. The molecule has 2 aromatic carbocycles. The first kappa shape index (κ1) is 23.7. The third-order valence-electron chi connectivity index (χ3n) is 5.60. The van der Waals surface area contributed by atoms with Crippen molar-refractivity contribution in [3.63, 3.8) is 0 Å². The van der Waals surface area contributed by atoms with Gasteiger partial charge in [-0.25, -0.2) is 8.42 Å². The maximum absolute atomic E-state index is 12.7. The second-order valence-electron chi connectivity index (χ2n) is 7.75. The molecule has 0 unspecified atom stereocenters. The number of hydrogen-bond acceptors (Lipinski definition) is 5. The third-order valence-corrected chi connectivity index (χ3v) is 7.52. The number of carbonyl (C=O) groups excluding carboxylic acids is 2. The highest BCUT2D eigenvalue weighted by molar-refractivity contribution is 7.89. The molecule has 9 heteroatoms. The maximum Gasteiger partial charge on any atom is 0.243 e. The first-order chi connectivity index (χ1) is 15.3. The molecule has 0 aliphatic carbocycles. The first-order valence-corrected chi connectivity index (χ1v) is 12.0. The van der Waals surface area contributed by atoms with Crippen LogP contribution >= 0.6 is 0 Å². The van der Waals surface area contributed by atoms with E-state index < -0.39 is 16.1 Å². The number of nitrogens with zero attached hydrogens (tertiary/aromatic N) is 1. The summed E-state index contributed by atoms with van der Waals surface area (Å²) in [4.78, 5) is 25.3. The Labute approximate surface area is 189 Å². The molecule has 1 fully saturated rings. The Morgan fingerprint density at radius 2 is 1.69 bits per heavy atom. The molecule has 1 aliphatic heterocycles. The molecule has 1 aliphatic rings. The van der Waals surface area contributed by atoms with Gasteiger partial charge in [-0.05, 0) is 38.0 Å². The molecular formula is C23H29N3O5S. The van der Waals surface area contributed by atoms with Gasteiger partial charge in [-0.15, -0.1) is 0 Å². The van der Waals surface area contributed by atoms with E-state index in [-0.39, 0.29) is 35.7 Å². The van der Waals surface area contributed by atoms with E-state index in [4.69, 9.17) is 4.74 Å². The minimum atomic E-state index is -3.56. The van der Waals surface area contributed by atoms with Gasteiger partial charge in [-0.1, -0.05) is 36.4 Å². The molecule has 2 aromatic rings. The molecule has 1 saturated heterocycles. The third kappa shape index (κ3) is 5.66. The molecule has 1 atom stereocenters. The lowest BCUT2D eigenvalue weighted by Gasteiger charge is -2.31. The van der Waals surface area contributed by atoms with Gasteiger partial charge in [0.05, 0.1) is 12.0 Å². The highest BCUT2D eigenvalue weighted by Gasteiger charge is 2.32. The Morgan fingerprint density at radius 1 is 1.06 bits per heavy atom. The molecule has 0 bridgehead atoms. The van der Waals surface area contributed by atoms with Crippen molar-refractivity contribution in [1.82, 2.24) is 14.9 Å². The number of carbonyl (C=O) groups is 2. The summed E-state index contributed by atoms with van der Waals surface area (Å²) in [6.07, 6.45) is 0.820. The average molecular weight is 460 g/mol. The van der Waals surface area contributed by atoms with E-state index in [1.165, 1.54) is 4.31 Å². The van der Waals surface area contributed by atoms with Crippen molar-refractivity contribution < 1.29 is 22.7 Å². The van der Waals surface area contributed by atoms with Crippen LogP contribution in [0.1, 0.15) is 25.3 Å². The molecule has 172 valence electrons. The van der Waals surface area contributed by atoms with Crippen LogP contribution in [0.3, 0.4) is 0 Å². The van der Waals surface area contributed by atoms with Gasteiger partial charge in [0, 0.05) is 31.1 Å². The van der Waals surface area contributed by atoms with Crippen LogP contribution in [0.15, 0.2) is 59.5 Å². The number of amides is 2. The van der Waals surface area contributed by atoms with Crippen LogP contribution in [0.4, 0.5) is 0 Å². The van der Waals surface area contributed by atoms with Gasteiger partial charge in [0.15, 0.2) is 0 Å². The van der Waals surface area contributed by atoms with Crippen LogP contribution in [-0.2, 0) is 26.2 Å². The Hall–Kier alpha value is -2.91. The van der Waals surface area contributed by atoms with Gasteiger partial charge in [0.1, 0.15) is 11.8 Å². The van der Waals surface area contributed by atoms with Crippen LogP contribution < -0.4 is 15.4 Å². The van der Waals surface area contributed by atoms with Crippen molar-refractivity contribution in [3.8, 4) is 5.75 Å². The van der Waals surface area contributed by atoms with E-state index in [0.717, 1.165) is 5.56 Å². The number of sulfonamides is 1. The van der Waals surface area contributed by atoms with Crippen molar-refractivity contribution in [2.75, 3.05) is 20.2 Å². The highest BCUT2D eigenvalue weighted by atomic mass is 32.2. The fourth-order valence-electron chi connectivity index (χ4n) is 3.68. The molecular weight excluding hydrogens is 430 g/mol. The molecule has 0 saturated carbocycles. The topological polar surface area (TPSA) is 105 Å². The standard InChI is InChI=1S/C23H29N3O5S/c1-17(22(27)24-16-19-8-6-7-11-21(19)31-2)25-23(28)18-12-14-26(15-13-18)32(29,30)20-9-4-3-5-10-20/h3-11,17-18H,12-16H2,1-2H3,(H,24,27)(H,25,28)/t17-/m1/s1. The second-order valence-corrected chi connectivity index (χ2v) is 9.69. The van der Waals surface area contributed by atoms with Crippen molar-refractivity contribution in [2.45, 2.75) is 37.2 Å². The number of benzene rings is 2. The normalized spacial score (nSPS) is 16.2. The summed E-state index contributed by atoms with van der Waals surface area (Å²) in [5.41, 5.74) is 0.842. The Balaban J connectivity index is 1.48. The van der Waals surface area contributed by atoms with Crippen LogP contribution in [-0.4, -0.2) is 50.8 Å². The summed E-state index contributed by atoms with van der Waals surface area (Å²) in [6.45, 7) is 2.45. The summed E-state index contributed by atoms with van der Waals surface area (Å²) in [6, 6.07) is 15.0. The van der Waals surface area contributed by atoms with Gasteiger partial charge >= 0.3 is 0 Å². The van der Waals surface area contributed by atoms with Crippen molar-refractivity contribution in [3.05, 3.63) is 60.2 Å². The molecule has 3 rings (SSSR count). The maximum atomic E-state index is 12.7. The van der Waals surface area contributed by atoms with E-state index in [0.29, 0.717) is 25.1 Å². The molecule has 0 aromatic heterocycles. The van der Waals surface area contributed by atoms with Crippen LogP contribution in [0.2, 0.25) is 0 Å². The summed E-state index contributed by atoms with van der Waals surface area (Å²) in [5, 5.41) is 5.55. The summed E-state index contributed by atoms with van der Waals surface area (Å²) >= 11 is 0. The summed E-state index contributed by atoms with van der Waals surface area (Å²) in [7, 11) is -1.99. The van der Waals surface area contributed by atoms with Gasteiger partial charge in [0.25, 0.3) is 0 Å². The number of rotatable bonds is 8. The molecule has 0 spiro atoms. The van der Waals surface area contributed by atoms with E-state index in [9.17, 15) is 18.0 Å². The number of piperidine rings is 1. The van der Waals surface area contributed by atoms with Gasteiger partial charge < -0.3 is 15.4 Å². The molecule has 32 heavy (non-hydrogen) atoms. The highest BCUT2D eigenvalue weighted by Crippen LogP contribution is 2.24. The summed E-state index contributed by atoms with van der Waals surface area (Å²) in [5.74, 6) is -0.182. The zero-order valence-electron chi connectivity index (χ0n) is 18.3. The number of nitrogens with one attached hydrogen (secondary N) is 2. The molecule has 8 nitrogen and oxygen atoms in total. The Morgan fingerprint density at radius 3 is 2.34 bits per heavy atom. The SMILES string of the molecule is COc1ccccc1CNC(=O)[C@@H](C)NC(=O)C1CCN(S(=O)(=O)c2ccccc2)CC1. The van der Waals surface area contributed by atoms with Crippen molar-refractivity contribution in [2.24, 2.45) is 5.92 Å². The Bertz CT molecular complexity index is 1030. The van der Waals surface area contributed by atoms with Gasteiger partial charge in [0.2, 0.25) is 21.8 Å². The lowest BCUT2D eigenvalue weighted by molar-refractivity contribution is -0.131. The fourth-order valence-corrected chi connectivity index (χ4v) is 5.17. The molecule has 1 heterocycles. The van der Waals surface area contributed by atoms with E-state index in [2.05, 4.69) is 10.6 Å². The molecule has 0 radical (unpaired) electrons. The molecule has 2 amide bonds. The van der Waals surface area contributed by atoms with Crippen molar-refractivity contribution in [1.29, 1.82) is 0 Å². The van der Waals surface area contributed by atoms with Gasteiger partial charge in [-0.2, -0.15) is 4.31 Å². The average Bonchev–Trinajstić information content (AvgIpc) is 2.83. The predicted octanol–water partition coefficient (Wildman–Crippen LogP) is 1.92. The van der Waals surface area contributed by atoms with E-state index >= 15 is 0 Å². The number of methoxy groups -OCH3 is 1. The van der Waals surface area contributed by atoms with E-state index in [1.807, 2.05) is 24.3 Å². The van der Waals surface area contributed by atoms with Gasteiger partial charge in [-0.3, -0.25) is 9.59 Å². The largest absolute Gasteiger partial charge is 0.496 e. The monoisotopic (exact) mass is 459 g/mol. The lowest BCUT2D eigenvalue weighted by atomic mass is 9.97. The number of para-hydroxylation sites is 1. The van der Waals surface area contributed by atoms with Crippen LogP contribution in [0.25, 0.3) is 0 Å². The first-order valence-electron chi connectivity index (χ1n) is 10.6. The second kappa shape index (κ2) is 10.6. The van der Waals surface area contributed by atoms with Crippen molar-refractivity contribution >= 4 is 21.8 Å². The fraction of sp³-hybridized carbons (Fsp3) is 0.391. The van der Waals surface area contributed by atoms with E-state index in [1.54, 1.807) is 44.4 Å². The number of hydrogen-bond donors (Lipinski definition) is 2. The number of ether oxygens (including phenoxy) is 1. The smallest absolute Gasteiger partial charge is 0.243 e. The zero-order valence-corrected chi connectivity index (χ0v) is 19.1. The minimum absolute atomic E-state index is 0.235. The van der Waals surface area contributed by atoms with Crippen LogP contribution in [0.5, 0.6) is 5.75 Å². The quantitative estimate of drug-likeness (QED) is 0.628. The minimum Gasteiger partial charge on any atom is -0.496 e. The Kier molecular flexibility index (Phi) is 7.87. The van der Waals surface area contributed by atoms with Crippen LogP contribution in [0, 0.1) is 5.92 Å². The summed E-state index contributed by atoms with van der Waals surface area (Å²) < 4.78 is 32.1.